The Balaban J connectivity index is 2.39. The van der Waals surface area contributed by atoms with Crippen LogP contribution in [0.5, 0.6) is 0 Å². The highest BCUT2D eigenvalue weighted by molar-refractivity contribution is 5.26. The average molecular weight is 242 g/mol. The summed E-state index contributed by atoms with van der Waals surface area (Å²) in [5, 5.41) is 29.9. The van der Waals surface area contributed by atoms with Crippen LogP contribution < -0.4 is 0 Å². The van der Waals surface area contributed by atoms with Crippen LogP contribution >= 0.6 is 0 Å². The van der Waals surface area contributed by atoms with Crippen molar-refractivity contribution in [1.82, 2.24) is 0 Å². The molecule has 1 saturated heterocycles. The molecule has 98 valence electrons. The van der Waals surface area contributed by atoms with E-state index < -0.39 is 16.8 Å². The average Bonchev–Trinajstić information content (AvgIpc) is 2.52. The third-order valence-corrected chi connectivity index (χ3v) is 4.21. The fraction of sp³-hybridized carbons (Fsp3) is 0.846. The first-order valence-electron chi connectivity index (χ1n) is 6.05. The summed E-state index contributed by atoms with van der Waals surface area (Å²) in [5.74, 6) is 0. The van der Waals surface area contributed by atoms with E-state index in [9.17, 15) is 15.3 Å². The molecule has 1 fully saturated rings. The molecule has 2 bridgehead atoms. The molecule has 0 unspecified atom stereocenters. The molecule has 17 heavy (non-hydrogen) atoms. The van der Waals surface area contributed by atoms with Crippen LogP contribution in [0.1, 0.15) is 33.6 Å². The van der Waals surface area contributed by atoms with E-state index in [0.29, 0.717) is 12.8 Å². The van der Waals surface area contributed by atoms with Crippen molar-refractivity contribution in [2.75, 3.05) is 13.2 Å². The van der Waals surface area contributed by atoms with Crippen LogP contribution in [0.15, 0.2) is 12.2 Å². The Morgan fingerprint density at radius 1 is 1.06 bits per heavy atom. The molecule has 4 heteroatoms. The molecular formula is C13H22O4. The van der Waals surface area contributed by atoms with Crippen LogP contribution in [0.4, 0.5) is 0 Å². The second kappa shape index (κ2) is 3.54. The van der Waals surface area contributed by atoms with Crippen molar-refractivity contribution < 1.29 is 20.1 Å². The molecule has 4 nitrogen and oxygen atoms in total. The van der Waals surface area contributed by atoms with Crippen molar-refractivity contribution in [2.24, 2.45) is 5.41 Å². The maximum atomic E-state index is 10.8. The predicted molar refractivity (Wildman–Crippen MR) is 63.5 cm³/mol. The quantitative estimate of drug-likeness (QED) is 0.620. The van der Waals surface area contributed by atoms with Gasteiger partial charge in [0.05, 0.1) is 18.8 Å². The van der Waals surface area contributed by atoms with Crippen molar-refractivity contribution in [3.05, 3.63) is 12.2 Å². The maximum absolute atomic E-state index is 10.8. The second-order valence-corrected chi connectivity index (χ2v) is 6.52. The van der Waals surface area contributed by atoms with E-state index >= 15 is 0 Å². The molecule has 2 rings (SSSR count). The Labute approximate surface area is 102 Å². The number of fused-ring (bicyclic) bond motifs is 2. The molecule has 3 atom stereocenters. The molecule has 2 aliphatic rings. The van der Waals surface area contributed by atoms with Gasteiger partial charge in [-0.05, 0) is 5.41 Å². The Hall–Kier alpha value is -0.420. The van der Waals surface area contributed by atoms with E-state index in [1.807, 2.05) is 20.8 Å². The van der Waals surface area contributed by atoms with Crippen LogP contribution in [0, 0.1) is 5.41 Å². The Morgan fingerprint density at radius 2 is 1.47 bits per heavy atom. The molecule has 2 aliphatic heterocycles. The smallest absolute Gasteiger partial charge is 0.113 e. The summed E-state index contributed by atoms with van der Waals surface area (Å²) in [4.78, 5) is 0. The van der Waals surface area contributed by atoms with Crippen molar-refractivity contribution in [1.29, 1.82) is 0 Å². The Kier molecular flexibility index (Phi) is 2.71. The highest BCUT2D eigenvalue weighted by atomic mass is 16.6. The van der Waals surface area contributed by atoms with Crippen molar-refractivity contribution in [3.63, 3.8) is 0 Å². The lowest BCUT2D eigenvalue weighted by Crippen LogP contribution is -2.60. The van der Waals surface area contributed by atoms with Crippen LogP contribution in [-0.2, 0) is 4.74 Å². The number of ether oxygens (including phenoxy) is 1. The highest BCUT2D eigenvalue weighted by Gasteiger charge is 2.60. The van der Waals surface area contributed by atoms with Crippen LogP contribution in [0.25, 0.3) is 0 Å². The molecule has 0 saturated carbocycles. The third kappa shape index (κ3) is 1.83. The van der Waals surface area contributed by atoms with Crippen molar-refractivity contribution in [3.8, 4) is 0 Å². The summed E-state index contributed by atoms with van der Waals surface area (Å²) in [6.45, 7) is 5.54. The third-order valence-electron chi connectivity index (χ3n) is 4.21. The van der Waals surface area contributed by atoms with Gasteiger partial charge in [0.15, 0.2) is 0 Å². The van der Waals surface area contributed by atoms with Crippen molar-refractivity contribution >= 4 is 0 Å². The monoisotopic (exact) mass is 242 g/mol. The first-order chi connectivity index (χ1) is 7.70. The molecular weight excluding hydrogens is 220 g/mol. The first-order valence-corrected chi connectivity index (χ1v) is 6.05. The lowest BCUT2D eigenvalue weighted by Gasteiger charge is -2.52. The molecule has 0 radical (unpaired) electrons. The van der Waals surface area contributed by atoms with E-state index in [-0.39, 0.29) is 18.6 Å². The van der Waals surface area contributed by atoms with Gasteiger partial charge in [-0.2, -0.15) is 0 Å². The zero-order chi connectivity index (χ0) is 12.9. The van der Waals surface area contributed by atoms with Gasteiger partial charge in [0.2, 0.25) is 0 Å². The molecule has 0 aromatic carbocycles. The lowest BCUT2D eigenvalue weighted by molar-refractivity contribution is -0.241. The van der Waals surface area contributed by atoms with Crippen LogP contribution in [0.3, 0.4) is 0 Å². The second-order valence-electron chi connectivity index (χ2n) is 6.52. The summed E-state index contributed by atoms with van der Waals surface area (Å²) in [6, 6.07) is 0. The molecule has 0 amide bonds. The molecule has 3 N–H and O–H groups in total. The van der Waals surface area contributed by atoms with Gasteiger partial charge >= 0.3 is 0 Å². The number of hydrogen-bond acceptors (Lipinski definition) is 4. The van der Waals surface area contributed by atoms with Gasteiger partial charge in [0.25, 0.3) is 0 Å². The van der Waals surface area contributed by atoms with Crippen LogP contribution in [0.2, 0.25) is 0 Å². The Morgan fingerprint density at radius 3 is 1.76 bits per heavy atom. The van der Waals surface area contributed by atoms with Crippen molar-refractivity contribution in [2.45, 2.75) is 50.4 Å². The van der Waals surface area contributed by atoms with E-state index in [2.05, 4.69) is 0 Å². The number of aliphatic hydroxyl groups is 3. The van der Waals surface area contributed by atoms with E-state index in [0.717, 1.165) is 0 Å². The maximum Gasteiger partial charge on any atom is 0.113 e. The van der Waals surface area contributed by atoms with Gasteiger partial charge in [0.1, 0.15) is 11.2 Å². The predicted octanol–water partition coefficient (Wildman–Crippen LogP) is 0.606. The minimum absolute atomic E-state index is 0.177. The zero-order valence-electron chi connectivity index (χ0n) is 10.7. The van der Waals surface area contributed by atoms with Gasteiger partial charge in [0, 0.05) is 12.8 Å². The number of rotatable bonds is 2. The Bertz CT molecular complexity index is 322. The molecule has 2 heterocycles. The van der Waals surface area contributed by atoms with E-state index in [4.69, 9.17) is 4.74 Å². The fourth-order valence-corrected chi connectivity index (χ4v) is 2.83. The minimum Gasteiger partial charge on any atom is -0.393 e. The molecule has 0 aromatic rings. The number of hydrogen-bond donors (Lipinski definition) is 3. The van der Waals surface area contributed by atoms with Gasteiger partial charge < -0.3 is 20.1 Å². The fourth-order valence-electron chi connectivity index (χ4n) is 2.83. The molecule has 0 aromatic heterocycles. The first kappa shape index (κ1) is 13.0. The highest BCUT2D eigenvalue weighted by Crippen LogP contribution is 2.52. The van der Waals surface area contributed by atoms with E-state index in [1.165, 1.54) is 0 Å². The van der Waals surface area contributed by atoms with Crippen LogP contribution in [-0.4, -0.2) is 45.3 Å². The molecule has 0 aliphatic carbocycles. The van der Waals surface area contributed by atoms with Gasteiger partial charge in [-0.15, -0.1) is 0 Å². The molecule has 0 spiro atoms. The summed E-state index contributed by atoms with van der Waals surface area (Å²) in [7, 11) is 0. The summed E-state index contributed by atoms with van der Waals surface area (Å²) >= 11 is 0. The topological polar surface area (TPSA) is 69.9 Å². The number of aliphatic hydroxyl groups excluding tert-OH is 2. The summed E-state index contributed by atoms with van der Waals surface area (Å²) < 4.78 is 5.79. The summed E-state index contributed by atoms with van der Waals surface area (Å²) in [5.41, 5.74) is -2.98. The standard InChI is InChI=1S/C13H22O4/c1-10(2,3)13(16)6-11(8-14)4-5-12(7-13,9-15)17-11/h4-5,14-16H,6-9H2,1-3H3/t11-,12+,13+. The minimum atomic E-state index is -0.958. The normalized spacial score (nSPS) is 45.3. The van der Waals surface area contributed by atoms with Gasteiger partial charge in [-0.3, -0.25) is 0 Å². The van der Waals surface area contributed by atoms with Gasteiger partial charge in [-0.1, -0.05) is 32.9 Å². The lowest BCUT2D eigenvalue weighted by atomic mass is 9.65. The SMILES string of the molecule is CC(C)(C)[C@]1(O)C[C@@]2(CO)C=C[C@@](CO)(C1)O2. The zero-order valence-corrected chi connectivity index (χ0v) is 10.7. The summed E-state index contributed by atoms with van der Waals surface area (Å²) in [6.07, 6.45) is 4.29. The largest absolute Gasteiger partial charge is 0.393 e. The van der Waals surface area contributed by atoms with E-state index in [1.54, 1.807) is 12.2 Å². The van der Waals surface area contributed by atoms with Gasteiger partial charge in [-0.25, -0.2) is 0 Å².